The number of hydrogen-bond donors (Lipinski definition) is 0. The van der Waals surface area contributed by atoms with Crippen LogP contribution in [0.1, 0.15) is 0 Å². The molecular formula is C9H5NO5. The normalized spacial score (nSPS) is 10.1. The van der Waals surface area contributed by atoms with Crippen LogP contribution in [0, 0.1) is 10.1 Å². The molecule has 0 spiro atoms. The summed E-state index contributed by atoms with van der Waals surface area (Å²) in [5, 5.41) is 11.5. The summed E-state index contributed by atoms with van der Waals surface area (Å²) in [6, 6.07) is 4.13. The Balaban J connectivity index is 2.56. The number of benzene rings is 1. The maximum absolute atomic E-state index is 10.5. The van der Waals surface area contributed by atoms with Gasteiger partial charge in [-0.15, -0.1) is 0 Å². The minimum absolute atomic E-state index is 0.0369. The van der Waals surface area contributed by atoms with Crippen molar-refractivity contribution in [2.45, 2.75) is 0 Å². The van der Waals surface area contributed by atoms with Crippen molar-refractivity contribution in [2.24, 2.45) is 0 Å². The van der Waals surface area contributed by atoms with E-state index in [2.05, 4.69) is 4.74 Å². The molecule has 0 radical (unpaired) electrons. The third-order valence-corrected chi connectivity index (χ3v) is 1.91. The molecule has 1 aromatic heterocycles. The Bertz CT molecular complexity index is 530. The zero-order valence-electron chi connectivity index (χ0n) is 7.38. The minimum atomic E-state index is -0.507. The van der Waals surface area contributed by atoms with Crippen LogP contribution >= 0.6 is 0 Å². The maximum atomic E-state index is 10.5. The quantitative estimate of drug-likeness (QED) is 0.436. The van der Waals surface area contributed by atoms with E-state index in [1.807, 2.05) is 0 Å². The van der Waals surface area contributed by atoms with Gasteiger partial charge in [0.1, 0.15) is 6.26 Å². The van der Waals surface area contributed by atoms with Crippen LogP contribution in [0.2, 0.25) is 0 Å². The summed E-state index contributed by atoms with van der Waals surface area (Å²) in [5.41, 5.74) is -0.0408. The Kier molecular flexibility index (Phi) is 2.09. The SMILES string of the molecule is O=COc1occ2cc([N+](=O)[O-])ccc12. The number of furan rings is 1. The Hall–Kier alpha value is -2.37. The van der Waals surface area contributed by atoms with E-state index in [0.717, 1.165) is 0 Å². The summed E-state index contributed by atoms with van der Waals surface area (Å²) in [6.07, 6.45) is 1.29. The highest BCUT2D eigenvalue weighted by atomic mass is 16.6. The van der Waals surface area contributed by atoms with Crippen LogP contribution in [0.15, 0.2) is 28.9 Å². The first-order valence-electron chi connectivity index (χ1n) is 3.98. The third kappa shape index (κ3) is 1.52. The average molecular weight is 207 g/mol. The van der Waals surface area contributed by atoms with Crippen LogP contribution in [-0.2, 0) is 4.79 Å². The van der Waals surface area contributed by atoms with E-state index in [-0.39, 0.29) is 18.1 Å². The lowest BCUT2D eigenvalue weighted by atomic mass is 10.2. The Morgan fingerprint density at radius 1 is 1.47 bits per heavy atom. The van der Waals surface area contributed by atoms with Crippen molar-refractivity contribution in [1.82, 2.24) is 0 Å². The van der Waals surface area contributed by atoms with Gasteiger partial charge >= 0.3 is 6.47 Å². The fraction of sp³-hybridized carbons (Fsp3) is 0. The monoisotopic (exact) mass is 207 g/mol. The van der Waals surface area contributed by atoms with Gasteiger partial charge in [-0.25, -0.2) is 0 Å². The molecule has 0 saturated carbocycles. The van der Waals surface area contributed by atoms with Gasteiger partial charge in [-0.2, -0.15) is 0 Å². The number of fused-ring (bicyclic) bond motifs is 1. The lowest BCUT2D eigenvalue weighted by Gasteiger charge is -1.92. The molecule has 0 atom stereocenters. The zero-order valence-corrected chi connectivity index (χ0v) is 7.38. The molecule has 0 aliphatic rings. The van der Waals surface area contributed by atoms with Gasteiger partial charge in [0.15, 0.2) is 0 Å². The predicted octanol–water partition coefficient (Wildman–Crippen LogP) is 1.88. The second-order valence-electron chi connectivity index (χ2n) is 2.77. The number of non-ortho nitro benzene ring substituents is 1. The maximum Gasteiger partial charge on any atom is 0.300 e. The molecule has 2 aromatic rings. The first-order chi connectivity index (χ1) is 7.22. The lowest BCUT2D eigenvalue weighted by Crippen LogP contribution is -1.88. The van der Waals surface area contributed by atoms with Crippen molar-refractivity contribution in [3.05, 3.63) is 34.6 Å². The third-order valence-electron chi connectivity index (χ3n) is 1.91. The van der Waals surface area contributed by atoms with E-state index in [1.54, 1.807) is 0 Å². The predicted molar refractivity (Wildman–Crippen MR) is 49.6 cm³/mol. The molecule has 6 heteroatoms. The minimum Gasteiger partial charge on any atom is -0.433 e. The van der Waals surface area contributed by atoms with Crippen molar-refractivity contribution in [2.75, 3.05) is 0 Å². The van der Waals surface area contributed by atoms with E-state index in [1.165, 1.54) is 24.5 Å². The zero-order chi connectivity index (χ0) is 10.8. The first kappa shape index (κ1) is 9.20. The summed E-state index contributed by atoms with van der Waals surface area (Å²) >= 11 is 0. The molecule has 0 saturated heterocycles. The molecule has 0 aliphatic heterocycles. The van der Waals surface area contributed by atoms with Crippen molar-refractivity contribution >= 4 is 22.9 Å². The smallest absolute Gasteiger partial charge is 0.300 e. The molecule has 15 heavy (non-hydrogen) atoms. The molecule has 6 nitrogen and oxygen atoms in total. The lowest BCUT2D eigenvalue weighted by molar-refractivity contribution is -0.384. The van der Waals surface area contributed by atoms with E-state index in [4.69, 9.17) is 4.42 Å². The molecule has 0 unspecified atom stereocenters. The van der Waals surface area contributed by atoms with Gasteiger partial charge in [-0.05, 0) is 6.07 Å². The Morgan fingerprint density at radius 2 is 2.27 bits per heavy atom. The average Bonchev–Trinajstić information content (AvgIpc) is 2.61. The number of nitrogens with zero attached hydrogens (tertiary/aromatic N) is 1. The summed E-state index contributed by atoms with van der Waals surface area (Å²) in [7, 11) is 0. The fourth-order valence-corrected chi connectivity index (χ4v) is 1.26. The fourth-order valence-electron chi connectivity index (χ4n) is 1.26. The Labute approximate surface area is 83.2 Å². The summed E-state index contributed by atoms with van der Waals surface area (Å²) in [5.74, 6) is 0.0369. The highest BCUT2D eigenvalue weighted by Crippen LogP contribution is 2.30. The topological polar surface area (TPSA) is 82.6 Å². The van der Waals surface area contributed by atoms with E-state index in [0.29, 0.717) is 10.8 Å². The van der Waals surface area contributed by atoms with Crippen molar-refractivity contribution in [3.63, 3.8) is 0 Å². The molecule has 0 bridgehead atoms. The van der Waals surface area contributed by atoms with E-state index >= 15 is 0 Å². The van der Waals surface area contributed by atoms with Crippen LogP contribution in [0.25, 0.3) is 10.8 Å². The van der Waals surface area contributed by atoms with Crippen molar-refractivity contribution in [3.8, 4) is 5.95 Å². The van der Waals surface area contributed by atoms with Crippen LogP contribution in [0.4, 0.5) is 5.69 Å². The number of ether oxygens (including phenoxy) is 1. The van der Waals surface area contributed by atoms with Gasteiger partial charge in [0.25, 0.3) is 11.6 Å². The highest BCUT2D eigenvalue weighted by molar-refractivity contribution is 5.88. The van der Waals surface area contributed by atoms with Crippen LogP contribution in [0.5, 0.6) is 5.95 Å². The molecule has 0 amide bonds. The standard InChI is InChI=1S/C9H5NO5/c11-5-15-9-8-2-1-7(10(12)13)3-6(8)4-14-9/h1-5H. The van der Waals surface area contributed by atoms with Gasteiger partial charge in [-0.3, -0.25) is 14.9 Å². The molecule has 76 valence electrons. The molecule has 1 aromatic carbocycles. The number of carbonyl (C=O) groups excluding carboxylic acids is 1. The van der Waals surface area contributed by atoms with Crippen LogP contribution < -0.4 is 4.74 Å². The highest BCUT2D eigenvalue weighted by Gasteiger charge is 2.12. The van der Waals surface area contributed by atoms with Gasteiger partial charge in [0.2, 0.25) is 0 Å². The molecule has 2 rings (SSSR count). The number of nitro benzene ring substituents is 1. The van der Waals surface area contributed by atoms with Gasteiger partial charge in [-0.1, -0.05) is 0 Å². The summed E-state index contributed by atoms with van der Waals surface area (Å²) < 4.78 is 9.46. The summed E-state index contributed by atoms with van der Waals surface area (Å²) in [6.45, 7) is 0.236. The second kappa shape index (κ2) is 3.41. The second-order valence-corrected chi connectivity index (χ2v) is 2.77. The molecule has 0 N–H and O–H groups in total. The van der Waals surface area contributed by atoms with Gasteiger partial charge in [0.05, 0.1) is 10.3 Å². The summed E-state index contributed by atoms with van der Waals surface area (Å²) in [4.78, 5) is 20.1. The number of rotatable bonds is 3. The van der Waals surface area contributed by atoms with Gasteiger partial charge < -0.3 is 9.15 Å². The van der Waals surface area contributed by atoms with Gasteiger partial charge in [0, 0.05) is 17.5 Å². The first-order valence-corrected chi connectivity index (χ1v) is 3.98. The van der Waals surface area contributed by atoms with E-state index in [9.17, 15) is 14.9 Å². The number of carbonyl (C=O) groups is 1. The van der Waals surface area contributed by atoms with Crippen LogP contribution in [0.3, 0.4) is 0 Å². The molecule has 0 aliphatic carbocycles. The largest absolute Gasteiger partial charge is 0.433 e. The van der Waals surface area contributed by atoms with Crippen molar-refractivity contribution < 1.29 is 18.9 Å². The van der Waals surface area contributed by atoms with E-state index < -0.39 is 4.92 Å². The van der Waals surface area contributed by atoms with Crippen molar-refractivity contribution in [1.29, 1.82) is 0 Å². The Morgan fingerprint density at radius 3 is 2.93 bits per heavy atom. The molecule has 1 heterocycles. The number of hydrogen-bond acceptors (Lipinski definition) is 5. The number of nitro groups is 1. The molecular weight excluding hydrogens is 202 g/mol. The molecule has 0 fully saturated rings. The van der Waals surface area contributed by atoms with Crippen LogP contribution in [-0.4, -0.2) is 11.4 Å².